The molecule has 0 aromatic carbocycles. The zero-order valence-electron chi connectivity index (χ0n) is 8.54. The Morgan fingerprint density at radius 3 is 2.36 bits per heavy atom. The summed E-state index contributed by atoms with van der Waals surface area (Å²) in [5.74, 6) is -0.256. The van der Waals surface area contributed by atoms with Gasteiger partial charge in [0.05, 0.1) is 13.2 Å². The summed E-state index contributed by atoms with van der Waals surface area (Å²) < 4.78 is 11.2. The quantitative estimate of drug-likeness (QED) is 0.679. The molecule has 1 saturated carbocycles. The summed E-state index contributed by atoms with van der Waals surface area (Å²) >= 11 is 0. The highest BCUT2D eigenvalue weighted by molar-refractivity contribution is 5.73. The van der Waals surface area contributed by atoms with Crippen molar-refractivity contribution < 1.29 is 14.3 Å². The highest BCUT2D eigenvalue weighted by Crippen LogP contribution is 2.35. The summed E-state index contributed by atoms with van der Waals surface area (Å²) in [5, 5.41) is 2.94. The van der Waals surface area contributed by atoms with Crippen LogP contribution in [0.5, 0.6) is 0 Å². The SMILES string of the molecule is CC(=O)NC1CCC2(CC1)OCCO2. The number of hydrogen-bond donors (Lipinski definition) is 1. The van der Waals surface area contributed by atoms with Crippen molar-refractivity contribution in [3.05, 3.63) is 0 Å². The second-order valence-electron chi connectivity index (χ2n) is 4.08. The first-order valence-electron chi connectivity index (χ1n) is 5.25. The zero-order chi connectivity index (χ0) is 10.0. The van der Waals surface area contributed by atoms with Gasteiger partial charge in [-0.25, -0.2) is 0 Å². The van der Waals surface area contributed by atoms with Gasteiger partial charge >= 0.3 is 0 Å². The standard InChI is InChI=1S/C10H17NO3/c1-8(12)11-9-2-4-10(5-3-9)13-6-7-14-10/h9H,2-7H2,1H3,(H,11,12). The van der Waals surface area contributed by atoms with Crippen LogP contribution in [0.25, 0.3) is 0 Å². The molecule has 0 aromatic rings. The molecule has 0 atom stereocenters. The third kappa shape index (κ3) is 2.07. The van der Waals surface area contributed by atoms with Crippen LogP contribution in [0.4, 0.5) is 0 Å². The Bertz CT molecular complexity index is 213. The fourth-order valence-electron chi connectivity index (χ4n) is 2.28. The minimum absolute atomic E-state index is 0.0548. The van der Waals surface area contributed by atoms with Gasteiger partial charge in [0.1, 0.15) is 0 Å². The topological polar surface area (TPSA) is 47.6 Å². The average Bonchev–Trinajstić information content (AvgIpc) is 2.58. The number of hydrogen-bond acceptors (Lipinski definition) is 3. The molecule has 1 aliphatic heterocycles. The Labute approximate surface area is 84.0 Å². The predicted molar refractivity (Wildman–Crippen MR) is 50.7 cm³/mol. The van der Waals surface area contributed by atoms with Crippen LogP contribution in [0.2, 0.25) is 0 Å². The minimum atomic E-state index is -0.311. The van der Waals surface area contributed by atoms with E-state index in [1.165, 1.54) is 0 Å². The summed E-state index contributed by atoms with van der Waals surface area (Å²) in [6.45, 7) is 2.99. The van der Waals surface area contributed by atoms with Gasteiger partial charge in [-0.3, -0.25) is 4.79 Å². The Hall–Kier alpha value is -0.610. The van der Waals surface area contributed by atoms with Gasteiger partial charge in [-0.1, -0.05) is 0 Å². The van der Waals surface area contributed by atoms with Crippen molar-refractivity contribution in [3.63, 3.8) is 0 Å². The van der Waals surface area contributed by atoms with E-state index in [4.69, 9.17) is 9.47 Å². The van der Waals surface area contributed by atoms with E-state index in [9.17, 15) is 4.79 Å². The third-order valence-electron chi connectivity index (χ3n) is 2.97. The lowest BCUT2D eigenvalue weighted by Crippen LogP contribution is -2.43. The highest BCUT2D eigenvalue weighted by atomic mass is 16.7. The van der Waals surface area contributed by atoms with Crippen LogP contribution < -0.4 is 5.32 Å². The summed E-state index contributed by atoms with van der Waals surface area (Å²) in [6.07, 6.45) is 3.72. The molecular weight excluding hydrogens is 182 g/mol. The molecule has 1 spiro atoms. The lowest BCUT2D eigenvalue weighted by molar-refractivity contribution is -0.179. The van der Waals surface area contributed by atoms with E-state index in [0.29, 0.717) is 19.3 Å². The molecule has 2 rings (SSSR count). The van der Waals surface area contributed by atoms with Crippen molar-refractivity contribution in [2.45, 2.75) is 44.4 Å². The van der Waals surface area contributed by atoms with Crippen molar-refractivity contribution in [3.8, 4) is 0 Å². The molecule has 80 valence electrons. The van der Waals surface area contributed by atoms with E-state index in [0.717, 1.165) is 25.7 Å². The Kier molecular flexibility index (Phi) is 2.74. The van der Waals surface area contributed by atoms with Crippen LogP contribution in [0.15, 0.2) is 0 Å². The van der Waals surface area contributed by atoms with Crippen LogP contribution in [-0.4, -0.2) is 30.9 Å². The number of ether oxygens (including phenoxy) is 2. The molecule has 1 heterocycles. The summed E-state index contributed by atoms with van der Waals surface area (Å²) in [4.78, 5) is 10.9. The second-order valence-corrected chi connectivity index (χ2v) is 4.08. The Balaban J connectivity index is 1.82. The average molecular weight is 199 g/mol. The van der Waals surface area contributed by atoms with Gasteiger partial charge in [-0.15, -0.1) is 0 Å². The normalized spacial score (nSPS) is 26.6. The largest absolute Gasteiger partial charge is 0.354 e. The van der Waals surface area contributed by atoms with Crippen LogP contribution in [0.1, 0.15) is 32.6 Å². The van der Waals surface area contributed by atoms with Crippen molar-refractivity contribution >= 4 is 5.91 Å². The number of amides is 1. The Morgan fingerprint density at radius 1 is 1.29 bits per heavy atom. The van der Waals surface area contributed by atoms with Crippen LogP contribution in [0, 0.1) is 0 Å². The highest BCUT2D eigenvalue weighted by Gasteiger charge is 2.40. The first kappa shape index (κ1) is 9.93. The molecule has 4 heteroatoms. The molecule has 2 aliphatic rings. The molecule has 1 aliphatic carbocycles. The van der Waals surface area contributed by atoms with Gasteiger partial charge in [0, 0.05) is 25.8 Å². The van der Waals surface area contributed by atoms with E-state index in [-0.39, 0.29) is 11.7 Å². The predicted octanol–water partition coefficient (Wildman–Crippen LogP) is 0.808. The fourth-order valence-corrected chi connectivity index (χ4v) is 2.28. The van der Waals surface area contributed by atoms with Gasteiger partial charge in [0.25, 0.3) is 0 Å². The summed E-state index contributed by atoms with van der Waals surface area (Å²) in [6, 6.07) is 0.311. The fraction of sp³-hybridized carbons (Fsp3) is 0.900. The van der Waals surface area contributed by atoms with Crippen molar-refractivity contribution in [2.24, 2.45) is 0 Å². The smallest absolute Gasteiger partial charge is 0.217 e. The van der Waals surface area contributed by atoms with E-state index >= 15 is 0 Å². The van der Waals surface area contributed by atoms with E-state index in [1.54, 1.807) is 6.92 Å². The van der Waals surface area contributed by atoms with Gasteiger partial charge in [-0.05, 0) is 12.8 Å². The molecule has 1 saturated heterocycles. The van der Waals surface area contributed by atoms with Gasteiger partial charge < -0.3 is 14.8 Å². The second kappa shape index (κ2) is 3.87. The van der Waals surface area contributed by atoms with Crippen molar-refractivity contribution in [2.75, 3.05) is 13.2 Å². The molecule has 1 amide bonds. The van der Waals surface area contributed by atoms with Crippen LogP contribution >= 0.6 is 0 Å². The monoisotopic (exact) mass is 199 g/mol. The zero-order valence-corrected chi connectivity index (χ0v) is 8.54. The van der Waals surface area contributed by atoms with Gasteiger partial charge in [-0.2, -0.15) is 0 Å². The summed E-state index contributed by atoms with van der Waals surface area (Å²) in [7, 11) is 0. The molecule has 0 bridgehead atoms. The molecule has 0 unspecified atom stereocenters. The first-order valence-corrected chi connectivity index (χ1v) is 5.25. The lowest BCUT2D eigenvalue weighted by Gasteiger charge is -2.35. The van der Waals surface area contributed by atoms with Gasteiger partial charge in [0.2, 0.25) is 5.91 Å². The van der Waals surface area contributed by atoms with Crippen LogP contribution in [-0.2, 0) is 14.3 Å². The van der Waals surface area contributed by atoms with Crippen molar-refractivity contribution in [1.82, 2.24) is 5.32 Å². The van der Waals surface area contributed by atoms with E-state index in [2.05, 4.69) is 5.32 Å². The number of nitrogens with one attached hydrogen (secondary N) is 1. The maximum Gasteiger partial charge on any atom is 0.217 e. The molecular formula is C10H17NO3. The lowest BCUT2D eigenvalue weighted by atomic mass is 9.90. The maximum atomic E-state index is 10.9. The minimum Gasteiger partial charge on any atom is -0.354 e. The summed E-state index contributed by atoms with van der Waals surface area (Å²) in [5.41, 5.74) is 0. The van der Waals surface area contributed by atoms with Crippen LogP contribution in [0.3, 0.4) is 0 Å². The first-order chi connectivity index (χ1) is 6.70. The van der Waals surface area contributed by atoms with Crippen molar-refractivity contribution in [1.29, 1.82) is 0 Å². The third-order valence-corrected chi connectivity index (χ3v) is 2.97. The van der Waals surface area contributed by atoms with Gasteiger partial charge in [0.15, 0.2) is 5.79 Å². The number of carbonyl (C=O) groups is 1. The molecule has 1 N–H and O–H groups in total. The molecule has 4 nitrogen and oxygen atoms in total. The van der Waals surface area contributed by atoms with E-state index in [1.807, 2.05) is 0 Å². The molecule has 2 fully saturated rings. The number of carbonyl (C=O) groups excluding carboxylic acids is 1. The molecule has 0 radical (unpaired) electrons. The maximum absolute atomic E-state index is 10.9. The molecule has 14 heavy (non-hydrogen) atoms. The molecule has 0 aromatic heterocycles. The number of rotatable bonds is 1. The van der Waals surface area contributed by atoms with E-state index < -0.39 is 0 Å². The Morgan fingerprint density at radius 2 is 1.86 bits per heavy atom.